The summed E-state index contributed by atoms with van der Waals surface area (Å²) in [5, 5.41) is 8.42. The number of benzene rings is 1. The van der Waals surface area contributed by atoms with E-state index in [4.69, 9.17) is 0 Å². The number of hydrogen-bond acceptors (Lipinski definition) is 4. The highest BCUT2D eigenvalue weighted by molar-refractivity contribution is 6.03. The molecule has 1 fully saturated rings. The third-order valence-electron chi connectivity index (χ3n) is 4.53. The van der Waals surface area contributed by atoms with Gasteiger partial charge in [-0.3, -0.25) is 4.79 Å². The molecule has 7 heteroatoms. The second-order valence-corrected chi connectivity index (χ2v) is 7.20. The molecule has 1 saturated heterocycles. The van der Waals surface area contributed by atoms with Crippen LogP contribution in [0.2, 0.25) is 0 Å². The van der Waals surface area contributed by atoms with E-state index < -0.39 is 0 Å². The topological polar surface area (TPSA) is 86.4 Å². The third kappa shape index (κ3) is 5.22. The second kappa shape index (κ2) is 9.21. The van der Waals surface area contributed by atoms with Crippen molar-refractivity contribution in [2.75, 3.05) is 23.3 Å². The minimum absolute atomic E-state index is 0.0116. The van der Waals surface area contributed by atoms with Gasteiger partial charge in [0, 0.05) is 31.9 Å². The van der Waals surface area contributed by atoms with Crippen LogP contribution in [0.4, 0.5) is 16.3 Å². The smallest absolute Gasteiger partial charge is 0.319 e. The summed E-state index contributed by atoms with van der Waals surface area (Å²) >= 11 is 0. The number of rotatable bonds is 6. The zero-order valence-corrected chi connectivity index (χ0v) is 16.4. The molecule has 2 aromatic rings. The number of hydrogen-bond donors (Lipinski definition) is 3. The highest BCUT2D eigenvalue weighted by Crippen LogP contribution is 2.19. The van der Waals surface area contributed by atoms with Crippen molar-refractivity contribution in [1.82, 2.24) is 15.6 Å². The van der Waals surface area contributed by atoms with Gasteiger partial charge in [0.05, 0.1) is 11.3 Å². The Morgan fingerprint density at radius 3 is 2.64 bits per heavy atom. The number of amides is 3. The molecule has 0 spiro atoms. The van der Waals surface area contributed by atoms with E-state index in [1.165, 1.54) is 12.8 Å². The van der Waals surface area contributed by atoms with Crippen molar-refractivity contribution in [1.29, 1.82) is 0 Å². The van der Waals surface area contributed by atoms with Gasteiger partial charge >= 0.3 is 6.03 Å². The normalized spacial score (nSPS) is 13.5. The van der Waals surface area contributed by atoms with Crippen molar-refractivity contribution < 1.29 is 9.59 Å². The average Bonchev–Trinajstić information content (AvgIpc) is 3.21. The SMILES string of the molecule is CC(C)NC(=O)Nc1ccccc1C(=O)NCc1ccnc(N2CCCC2)c1. The molecule has 148 valence electrons. The van der Waals surface area contributed by atoms with E-state index in [1.807, 2.05) is 26.0 Å². The van der Waals surface area contributed by atoms with Crippen LogP contribution in [0.5, 0.6) is 0 Å². The van der Waals surface area contributed by atoms with Crippen molar-refractivity contribution >= 4 is 23.4 Å². The molecular formula is C21H27N5O2. The lowest BCUT2D eigenvalue weighted by Gasteiger charge is -2.17. The predicted molar refractivity (Wildman–Crippen MR) is 111 cm³/mol. The molecular weight excluding hydrogens is 354 g/mol. The standard InChI is InChI=1S/C21H27N5O2/c1-15(2)24-21(28)25-18-8-4-3-7-17(18)20(27)23-14-16-9-10-22-19(13-16)26-11-5-6-12-26/h3-4,7-10,13,15H,5-6,11-12,14H2,1-2H3,(H,23,27)(H2,24,25,28). The lowest BCUT2D eigenvalue weighted by Crippen LogP contribution is -2.35. The van der Waals surface area contributed by atoms with E-state index in [9.17, 15) is 9.59 Å². The molecule has 1 aliphatic rings. The van der Waals surface area contributed by atoms with Gasteiger partial charge in [0.15, 0.2) is 0 Å². The molecule has 7 nitrogen and oxygen atoms in total. The van der Waals surface area contributed by atoms with Crippen molar-refractivity contribution in [2.24, 2.45) is 0 Å². The Bertz CT molecular complexity index is 831. The zero-order chi connectivity index (χ0) is 19.9. The summed E-state index contributed by atoms with van der Waals surface area (Å²) in [5.41, 5.74) is 1.90. The summed E-state index contributed by atoms with van der Waals surface area (Å²) < 4.78 is 0. The number of carbonyl (C=O) groups is 2. The van der Waals surface area contributed by atoms with Gasteiger partial charge in [0.1, 0.15) is 5.82 Å². The Morgan fingerprint density at radius 1 is 1.14 bits per heavy atom. The molecule has 0 radical (unpaired) electrons. The fourth-order valence-electron chi connectivity index (χ4n) is 3.18. The quantitative estimate of drug-likeness (QED) is 0.717. The number of anilines is 2. The van der Waals surface area contributed by atoms with E-state index in [-0.39, 0.29) is 18.0 Å². The first kappa shape index (κ1) is 19.7. The minimum atomic E-state index is -0.334. The fourth-order valence-corrected chi connectivity index (χ4v) is 3.18. The Labute approximate surface area is 165 Å². The van der Waals surface area contributed by atoms with Crippen LogP contribution >= 0.6 is 0 Å². The van der Waals surface area contributed by atoms with Crippen molar-refractivity contribution in [3.05, 3.63) is 53.7 Å². The van der Waals surface area contributed by atoms with E-state index in [1.54, 1.807) is 30.5 Å². The molecule has 1 aliphatic heterocycles. The Kier molecular flexibility index (Phi) is 6.47. The largest absolute Gasteiger partial charge is 0.357 e. The molecule has 0 aliphatic carbocycles. The summed E-state index contributed by atoms with van der Waals surface area (Å²) in [5.74, 6) is 0.719. The first-order chi connectivity index (χ1) is 13.5. The van der Waals surface area contributed by atoms with Crippen LogP contribution in [0.25, 0.3) is 0 Å². The van der Waals surface area contributed by atoms with E-state index in [2.05, 4.69) is 25.8 Å². The first-order valence-corrected chi connectivity index (χ1v) is 9.67. The lowest BCUT2D eigenvalue weighted by molar-refractivity contribution is 0.0952. The van der Waals surface area contributed by atoms with Crippen LogP contribution in [-0.4, -0.2) is 36.1 Å². The molecule has 1 aromatic carbocycles. The number of aromatic nitrogens is 1. The number of urea groups is 1. The van der Waals surface area contributed by atoms with Crippen molar-refractivity contribution in [2.45, 2.75) is 39.3 Å². The van der Waals surface area contributed by atoms with Crippen LogP contribution in [0, 0.1) is 0 Å². The Morgan fingerprint density at radius 2 is 1.89 bits per heavy atom. The van der Waals surface area contributed by atoms with E-state index in [0.717, 1.165) is 24.5 Å². The summed E-state index contributed by atoms with van der Waals surface area (Å²) in [7, 11) is 0. The summed E-state index contributed by atoms with van der Waals surface area (Å²) in [4.78, 5) is 31.3. The maximum absolute atomic E-state index is 12.7. The number of carbonyl (C=O) groups excluding carboxylic acids is 2. The van der Waals surface area contributed by atoms with Gasteiger partial charge in [-0.25, -0.2) is 9.78 Å². The maximum Gasteiger partial charge on any atom is 0.319 e. The van der Waals surface area contributed by atoms with E-state index in [0.29, 0.717) is 17.8 Å². The number of para-hydroxylation sites is 1. The predicted octanol–water partition coefficient (Wildman–Crippen LogP) is 3.14. The zero-order valence-electron chi connectivity index (χ0n) is 16.4. The second-order valence-electron chi connectivity index (χ2n) is 7.20. The number of nitrogens with one attached hydrogen (secondary N) is 3. The van der Waals surface area contributed by atoms with Crippen LogP contribution < -0.4 is 20.9 Å². The van der Waals surface area contributed by atoms with Gasteiger partial charge in [-0.2, -0.15) is 0 Å². The minimum Gasteiger partial charge on any atom is -0.357 e. The van der Waals surface area contributed by atoms with Gasteiger partial charge in [-0.1, -0.05) is 12.1 Å². The van der Waals surface area contributed by atoms with Crippen LogP contribution in [0.15, 0.2) is 42.6 Å². The lowest BCUT2D eigenvalue weighted by atomic mass is 10.1. The molecule has 0 atom stereocenters. The van der Waals surface area contributed by atoms with Crippen LogP contribution in [0.3, 0.4) is 0 Å². The Hall–Kier alpha value is -3.09. The van der Waals surface area contributed by atoms with Crippen molar-refractivity contribution in [3.8, 4) is 0 Å². The molecule has 0 bridgehead atoms. The van der Waals surface area contributed by atoms with Gasteiger partial charge < -0.3 is 20.9 Å². The highest BCUT2D eigenvalue weighted by Gasteiger charge is 2.15. The Balaban J connectivity index is 1.64. The molecule has 3 N–H and O–H groups in total. The summed E-state index contributed by atoms with van der Waals surface area (Å²) in [6.07, 6.45) is 4.16. The van der Waals surface area contributed by atoms with Gasteiger partial charge in [-0.15, -0.1) is 0 Å². The molecule has 1 aromatic heterocycles. The summed E-state index contributed by atoms with van der Waals surface area (Å²) in [6.45, 7) is 6.21. The highest BCUT2D eigenvalue weighted by atomic mass is 16.2. The molecule has 3 amide bonds. The molecule has 3 rings (SSSR count). The average molecular weight is 381 g/mol. The first-order valence-electron chi connectivity index (χ1n) is 9.67. The van der Waals surface area contributed by atoms with Gasteiger partial charge in [-0.05, 0) is 56.5 Å². The number of pyridine rings is 1. The molecule has 28 heavy (non-hydrogen) atoms. The molecule has 0 unspecified atom stereocenters. The molecule has 2 heterocycles. The monoisotopic (exact) mass is 381 g/mol. The molecule has 0 saturated carbocycles. The number of nitrogens with zero attached hydrogens (tertiary/aromatic N) is 2. The van der Waals surface area contributed by atoms with Gasteiger partial charge in [0.2, 0.25) is 0 Å². The van der Waals surface area contributed by atoms with Crippen LogP contribution in [-0.2, 0) is 6.54 Å². The van der Waals surface area contributed by atoms with E-state index >= 15 is 0 Å². The van der Waals surface area contributed by atoms with Crippen molar-refractivity contribution in [3.63, 3.8) is 0 Å². The maximum atomic E-state index is 12.7. The summed E-state index contributed by atoms with van der Waals surface area (Å²) in [6, 6.07) is 10.6. The van der Waals surface area contributed by atoms with Crippen LogP contribution in [0.1, 0.15) is 42.6 Å². The third-order valence-corrected chi connectivity index (χ3v) is 4.53. The van der Waals surface area contributed by atoms with Gasteiger partial charge in [0.25, 0.3) is 5.91 Å². The fraction of sp³-hybridized carbons (Fsp3) is 0.381.